The lowest BCUT2D eigenvalue weighted by Crippen LogP contribution is -1.91. The smallest absolute Gasteiger partial charge is 0.0279 e. The third-order valence-corrected chi connectivity index (χ3v) is 5.13. The van der Waals surface area contributed by atoms with Crippen molar-refractivity contribution in [3.8, 4) is 0 Å². The maximum absolute atomic E-state index is 2.46. The second kappa shape index (κ2) is 15.7. The lowest BCUT2D eigenvalue weighted by molar-refractivity contribution is 0.556. The normalized spacial score (nSPS) is 11.1. The van der Waals surface area contributed by atoms with E-state index in [2.05, 4.69) is 38.1 Å². The predicted molar refractivity (Wildman–Crippen MR) is 110 cm³/mol. The fraction of sp³-hybridized carbons (Fsp3) is 0.750. The molecule has 0 saturated heterocycles. The first kappa shape index (κ1) is 21.3. The summed E-state index contributed by atoms with van der Waals surface area (Å²) in [5, 5.41) is 0. The monoisotopic (exact) mass is 330 g/mol. The first-order valence-electron chi connectivity index (χ1n) is 10.9. The number of hydrogen-bond donors (Lipinski definition) is 0. The summed E-state index contributed by atoms with van der Waals surface area (Å²) in [6.07, 6.45) is 22.3. The topological polar surface area (TPSA) is 0 Å². The lowest BCUT2D eigenvalue weighted by atomic mass is 10.00. The SMILES string of the molecule is CCCCCCCCCCCCc1cccc(CCCCCC)c1. The Balaban J connectivity index is 2.02. The fourth-order valence-electron chi connectivity index (χ4n) is 3.51. The first-order chi connectivity index (χ1) is 11.9. The van der Waals surface area contributed by atoms with Gasteiger partial charge in [0, 0.05) is 0 Å². The zero-order chi connectivity index (χ0) is 17.3. The molecular formula is C24H42. The Kier molecular flexibility index (Phi) is 13.9. The van der Waals surface area contributed by atoms with E-state index < -0.39 is 0 Å². The molecule has 0 heteroatoms. The van der Waals surface area contributed by atoms with Gasteiger partial charge in [0.05, 0.1) is 0 Å². The zero-order valence-corrected chi connectivity index (χ0v) is 16.6. The van der Waals surface area contributed by atoms with Gasteiger partial charge in [-0.1, -0.05) is 115 Å². The van der Waals surface area contributed by atoms with E-state index in [1.165, 1.54) is 103 Å². The number of unbranched alkanes of at least 4 members (excludes halogenated alkanes) is 12. The molecule has 1 aromatic rings. The minimum absolute atomic E-state index is 1.27. The maximum Gasteiger partial charge on any atom is -0.0279 e. The highest BCUT2D eigenvalue weighted by molar-refractivity contribution is 5.23. The number of aryl methyl sites for hydroxylation is 2. The van der Waals surface area contributed by atoms with Crippen LogP contribution in [0.1, 0.15) is 115 Å². The largest absolute Gasteiger partial charge is 0.0654 e. The van der Waals surface area contributed by atoms with E-state index in [1.807, 2.05) is 0 Å². The third-order valence-electron chi connectivity index (χ3n) is 5.13. The summed E-state index contributed by atoms with van der Waals surface area (Å²) in [5.74, 6) is 0. The van der Waals surface area contributed by atoms with E-state index >= 15 is 0 Å². The van der Waals surface area contributed by atoms with Gasteiger partial charge >= 0.3 is 0 Å². The van der Waals surface area contributed by atoms with E-state index in [0.717, 1.165) is 0 Å². The molecule has 0 unspecified atom stereocenters. The Labute approximate surface area is 152 Å². The van der Waals surface area contributed by atoms with E-state index in [1.54, 1.807) is 11.1 Å². The highest BCUT2D eigenvalue weighted by Gasteiger charge is 1.98. The zero-order valence-electron chi connectivity index (χ0n) is 16.6. The van der Waals surface area contributed by atoms with Crippen LogP contribution < -0.4 is 0 Å². The van der Waals surface area contributed by atoms with Gasteiger partial charge < -0.3 is 0 Å². The molecule has 24 heavy (non-hydrogen) atoms. The highest BCUT2D eigenvalue weighted by Crippen LogP contribution is 2.15. The first-order valence-corrected chi connectivity index (χ1v) is 10.9. The van der Waals surface area contributed by atoms with Crippen molar-refractivity contribution in [2.24, 2.45) is 0 Å². The Bertz CT molecular complexity index is 379. The van der Waals surface area contributed by atoms with Gasteiger partial charge in [-0.15, -0.1) is 0 Å². The van der Waals surface area contributed by atoms with Gasteiger partial charge in [-0.2, -0.15) is 0 Å². The van der Waals surface area contributed by atoms with Crippen molar-refractivity contribution in [2.75, 3.05) is 0 Å². The van der Waals surface area contributed by atoms with Crippen LogP contribution in [0.4, 0.5) is 0 Å². The Morgan fingerprint density at radius 1 is 0.500 bits per heavy atom. The van der Waals surface area contributed by atoms with Gasteiger partial charge in [0.2, 0.25) is 0 Å². The summed E-state index contributed by atoms with van der Waals surface area (Å²) >= 11 is 0. The van der Waals surface area contributed by atoms with Crippen LogP contribution in [0.15, 0.2) is 24.3 Å². The molecule has 1 rings (SSSR count). The number of rotatable bonds is 16. The summed E-state index contributed by atoms with van der Waals surface area (Å²) in [7, 11) is 0. The number of benzene rings is 1. The Hall–Kier alpha value is -0.780. The second-order valence-electron chi connectivity index (χ2n) is 7.56. The fourth-order valence-corrected chi connectivity index (χ4v) is 3.51. The molecule has 0 heterocycles. The quantitative estimate of drug-likeness (QED) is 0.267. The molecule has 0 atom stereocenters. The van der Waals surface area contributed by atoms with Gasteiger partial charge in [-0.3, -0.25) is 0 Å². The molecule has 0 fully saturated rings. The lowest BCUT2D eigenvalue weighted by Gasteiger charge is -2.06. The van der Waals surface area contributed by atoms with Crippen LogP contribution in [0, 0.1) is 0 Å². The van der Waals surface area contributed by atoms with Gasteiger partial charge in [0.1, 0.15) is 0 Å². The van der Waals surface area contributed by atoms with Crippen LogP contribution >= 0.6 is 0 Å². The van der Waals surface area contributed by atoms with E-state index in [4.69, 9.17) is 0 Å². The average Bonchev–Trinajstić information content (AvgIpc) is 2.61. The molecule has 0 aliphatic carbocycles. The maximum atomic E-state index is 2.46. The molecule has 0 aliphatic rings. The number of hydrogen-bond acceptors (Lipinski definition) is 0. The standard InChI is InChI=1S/C24H42/c1-3-5-7-9-10-11-12-13-14-16-19-24-21-17-20-23(22-24)18-15-8-6-4-2/h17,20-22H,3-16,18-19H2,1-2H3. The predicted octanol–water partition coefficient (Wildman–Crippen LogP) is 8.27. The molecule has 1 aromatic carbocycles. The molecule has 0 amide bonds. The van der Waals surface area contributed by atoms with Crippen molar-refractivity contribution in [3.05, 3.63) is 35.4 Å². The van der Waals surface area contributed by atoms with Crippen LogP contribution in [0.5, 0.6) is 0 Å². The molecule has 0 aromatic heterocycles. The van der Waals surface area contributed by atoms with Crippen LogP contribution in [-0.2, 0) is 12.8 Å². The van der Waals surface area contributed by atoms with Crippen molar-refractivity contribution in [1.82, 2.24) is 0 Å². The Morgan fingerprint density at radius 3 is 1.33 bits per heavy atom. The van der Waals surface area contributed by atoms with Gasteiger partial charge in [-0.25, -0.2) is 0 Å². The molecule has 0 nitrogen and oxygen atoms in total. The summed E-state index contributed by atoms with van der Waals surface area (Å²) < 4.78 is 0. The van der Waals surface area contributed by atoms with Crippen LogP contribution in [0.2, 0.25) is 0 Å². The molecule has 0 radical (unpaired) electrons. The van der Waals surface area contributed by atoms with E-state index in [9.17, 15) is 0 Å². The van der Waals surface area contributed by atoms with E-state index in [-0.39, 0.29) is 0 Å². The van der Waals surface area contributed by atoms with Crippen molar-refractivity contribution in [3.63, 3.8) is 0 Å². The average molecular weight is 331 g/mol. The molecule has 0 bridgehead atoms. The van der Waals surface area contributed by atoms with E-state index in [0.29, 0.717) is 0 Å². The summed E-state index contributed by atoms with van der Waals surface area (Å²) in [5.41, 5.74) is 3.11. The van der Waals surface area contributed by atoms with Gasteiger partial charge in [0.25, 0.3) is 0 Å². The summed E-state index contributed by atoms with van der Waals surface area (Å²) in [6.45, 7) is 4.58. The highest BCUT2D eigenvalue weighted by atomic mass is 14.0. The Morgan fingerprint density at radius 2 is 0.875 bits per heavy atom. The van der Waals surface area contributed by atoms with Crippen molar-refractivity contribution in [1.29, 1.82) is 0 Å². The second-order valence-corrected chi connectivity index (χ2v) is 7.56. The minimum Gasteiger partial charge on any atom is -0.0654 e. The van der Waals surface area contributed by atoms with Crippen molar-refractivity contribution in [2.45, 2.75) is 117 Å². The molecular weight excluding hydrogens is 288 g/mol. The van der Waals surface area contributed by atoms with Crippen LogP contribution in [0.25, 0.3) is 0 Å². The molecule has 0 saturated carbocycles. The summed E-state index contributed by atoms with van der Waals surface area (Å²) in [4.78, 5) is 0. The van der Waals surface area contributed by atoms with Crippen LogP contribution in [-0.4, -0.2) is 0 Å². The van der Waals surface area contributed by atoms with Gasteiger partial charge in [-0.05, 0) is 36.8 Å². The van der Waals surface area contributed by atoms with Crippen molar-refractivity contribution >= 4 is 0 Å². The van der Waals surface area contributed by atoms with Crippen LogP contribution in [0.3, 0.4) is 0 Å². The van der Waals surface area contributed by atoms with Gasteiger partial charge in [0.15, 0.2) is 0 Å². The minimum atomic E-state index is 1.27. The summed E-state index contributed by atoms with van der Waals surface area (Å²) in [6, 6.07) is 9.36. The molecule has 138 valence electrons. The third kappa shape index (κ3) is 11.7. The molecule has 0 N–H and O–H groups in total. The van der Waals surface area contributed by atoms with Crippen molar-refractivity contribution < 1.29 is 0 Å². The molecule has 0 aliphatic heterocycles. The molecule has 0 spiro atoms.